The first-order chi connectivity index (χ1) is 11.4. The number of halogens is 1. The van der Waals surface area contributed by atoms with E-state index in [1.165, 1.54) is 4.90 Å². The molecule has 1 aliphatic heterocycles. The Bertz CT molecular complexity index is 846. The van der Waals surface area contributed by atoms with Gasteiger partial charge in [0.1, 0.15) is 5.75 Å². The molecule has 0 spiro atoms. The number of nitrogens with zero attached hydrogens (tertiary/aromatic N) is 1. The second-order valence-electron chi connectivity index (χ2n) is 5.46. The molecule has 0 aliphatic carbocycles. The summed E-state index contributed by atoms with van der Waals surface area (Å²) >= 11 is 3.11. The van der Waals surface area contributed by atoms with Crippen LogP contribution in [0, 0.1) is 10.5 Å². The number of phenols is 1. The fraction of sp³-hybridized carbons (Fsp3) is 0.111. The summed E-state index contributed by atoms with van der Waals surface area (Å²) in [5.74, 6) is -0.241. The topological polar surface area (TPSA) is 57.6 Å². The number of phenolic OH excluding ortho intramolecular Hbond substituents is 1. The molecule has 0 saturated carbocycles. The largest absolute Gasteiger partial charge is 0.507 e. The zero-order valence-corrected chi connectivity index (χ0v) is 15.8. The number of carbonyl (C=O) groups excluding carboxylic acids is 2. The minimum atomic E-state index is -0.329. The van der Waals surface area contributed by atoms with E-state index in [1.807, 2.05) is 31.2 Å². The molecule has 0 aromatic heterocycles. The van der Waals surface area contributed by atoms with Crippen molar-refractivity contribution in [1.82, 2.24) is 4.90 Å². The molecule has 122 valence electrons. The van der Waals surface area contributed by atoms with Gasteiger partial charge in [-0.05, 0) is 77.2 Å². The van der Waals surface area contributed by atoms with Gasteiger partial charge in [-0.15, -0.1) is 0 Å². The Balaban J connectivity index is 1.84. The molecule has 1 aliphatic rings. The molecule has 1 fully saturated rings. The number of amides is 2. The van der Waals surface area contributed by atoms with Gasteiger partial charge in [-0.25, -0.2) is 0 Å². The van der Waals surface area contributed by atoms with Crippen LogP contribution in [0.5, 0.6) is 5.75 Å². The number of imide groups is 1. The van der Waals surface area contributed by atoms with Gasteiger partial charge in [-0.3, -0.25) is 14.5 Å². The molecule has 2 amide bonds. The number of benzene rings is 2. The van der Waals surface area contributed by atoms with Gasteiger partial charge in [0.05, 0.1) is 11.4 Å². The third-order valence-corrected chi connectivity index (χ3v) is 5.22. The first kappa shape index (κ1) is 17.0. The van der Waals surface area contributed by atoms with Crippen LogP contribution < -0.4 is 0 Å². The molecule has 0 radical (unpaired) electrons. The fourth-order valence-electron chi connectivity index (χ4n) is 2.34. The Morgan fingerprint density at radius 2 is 1.88 bits per heavy atom. The van der Waals surface area contributed by atoms with Gasteiger partial charge in [0.15, 0.2) is 0 Å². The van der Waals surface area contributed by atoms with Crippen LogP contribution in [0.3, 0.4) is 0 Å². The summed E-state index contributed by atoms with van der Waals surface area (Å²) in [6.45, 7) is 2.15. The zero-order chi connectivity index (χ0) is 17.3. The molecule has 24 heavy (non-hydrogen) atoms. The van der Waals surface area contributed by atoms with Gasteiger partial charge in [-0.2, -0.15) is 0 Å². The van der Waals surface area contributed by atoms with E-state index in [-0.39, 0.29) is 23.4 Å². The van der Waals surface area contributed by atoms with Gasteiger partial charge in [0, 0.05) is 9.13 Å². The lowest BCUT2D eigenvalue weighted by atomic mass is 10.1. The molecule has 0 bridgehead atoms. The average molecular weight is 451 g/mol. The van der Waals surface area contributed by atoms with Crippen molar-refractivity contribution in [3.05, 3.63) is 67.6 Å². The molecule has 6 heteroatoms. The van der Waals surface area contributed by atoms with E-state index in [2.05, 4.69) is 22.6 Å². The van der Waals surface area contributed by atoms with Gasteiger partial charge in [-0.1, -0.05) is 23.8 Å². The lowest BCUT2D eigenvalue weighted by molar-refractivity contribution is -0.123. The molecule has 4 nitrogen and oxygen atoms in total. The van der Waals surface area contributed by atoms with Crippen molar-refractivity contribution in [2.75, 3.05) is 0 Å². The summed E-state index contributed by atoms with van der Waals surface area (Å²) in [6, 6.07) is 12.8. The van der Waals surface area contributed by atoms with Crippen molar-refractivity contribution in [3.63, 3.8) is 0 Å². The van der Waals surface area contributed by atoms with Crippen LogP contribution >= 0.6 is 34.4 Å². The van der Waals surface area contributed by atoms with Crippen molar-refractivity contribution in [1.29, 1.82) is 0 Å². The first-order valence-corrected chi connectivity index (χ1v) is 9.13. The number of rotatable bonds is 3. The first-order valence-electron chi connectivity index (χ1n) is 7.23. The van der Waals surface area contributed by atoms with E-state index in [4.69, 9.17) is 0 Å². The summed E-state index contributed by atoms with van der Waals surface area (Å²) in [5.41, 5.74) is 2.41. The van der Waals surface area contributed by atoms with Crippen LogP contribution in [-0.4, -0.2) is 21.2 Å². The SMILES string of the molecule is Cc1ccc(O)c(/C=C2\SC(=O)N(Cc3ccc(I)cc3)C2=O)c1. The lowest BCUT2D eigenvalue weighted by Crippen LogP contribution is -2.27. The molecular weight excluding hydrogens is 437 g/mol. The second-order valence-corrected chi connectivity index (χ2v) is 7.70. The maximum absolute atomic E-state index is 12.5. The van der Waals surface area contributed by atoms with Crippen molar-refractivity contribution >= 4 is 51.6 Å². The highest BCUT2D eigenvalue weighted by Crippen LogP contribution is 2.34. The molecule has 2 aromatic carbocycles. The maximum atomic E-state index is 12.5. The minimum Gasteiger partial charge on any atom is -0.507 e. The quantitative estimate of drug-likeness (QED) is 0.550. The minimum absolute atomic E-state index is 0.0880. The van der Waals surface area contributed by atoms with E-state index in [1.54, 1.807) is 24.3 Å². The fourth-order valence-corrected chi connectivity index (χ4v) is 3.53. The monoisotopic (exact) mass is 451 g/mol. The summed E-state index contributed by atoms with van der Waals surface area (Å²) in [5, 5.41) is 9.62. The van der Waals surface area contributed by atoms with Gasteiger partial charge >= 0.3 is 0 Å². The van der Waals surface area contributed by atoms with Crippen molar-refractivity contribution < 1.29 is 14.7 Å². The summed E-state index contributed by atoms with van der Waals surface area (Å²) in [6.07, 6.45) is 1.57. The van der Waals surface area contributed by atoms with Gasteiger partial charge < -0.3 is 5.11 Å². The summed E-state index contributed by atoms with van der Waals surface area (Å²) in [4.78, 5) is 26.2. The number of aryl methyl sites for hydroxylation is 1. The van der Waals surface area contributed by atoms with Crippen molar-refractivity contribution in [2.45, 2.75) is 13.5 Å². The Morgan fingerprint density at radius 3 is 2.58 bits per heavy atom. The summed E-state index contributed by atoms with van der Waals surface area (Å²) in [7, 11) is 0. The molecular formula is C18H14INO3S. The number of hydrogen-bond donors (Lipinski definition) is 1. The van der Waals surface area contributed by atoms with E-state index in [0.717, 1.165) is 26.5 Å². The maximum Gasteiger partial charge on any atom is 0.293 e. The predicted octanol–water partition coefficient (Wildman–Crippen LogP) is 4.54. The van der Waals surface area contributed by atoms with Crippen molar-refractivity contribution in [2.24, 2.45) is 0 Å². The van der Waals surface area contributed by atoms with E-state index >= 15 is 0 Å². The molecule has 1 N–H and O–H groups in total. The zero-order valence-electron chi connectivity index (χ0n) is 12.8. The average Bonchev–Trinajstić information content (AvgIpc) is 2.80. The Hall–Kier alpha value is -1.80. The van der Waals surface area contributed by atoms with Gasteiger partial charge in [0.2, 0.25) is 0 Å². The lowest BCUT2D eigenvalue weighted by Gasteiger charge is -2.12. The highest BCUT2D eigenvalue weighted by Gasteiger charge is 2.35. The molecule has 2 aromatic rings. The van der Waals surface area contributed by atoms with Gasteiger partial charge in [0.25, 0.3) is 11.1 Å². The molecule has 0 atom stereocenters. The molecule has 3 rings (SSSR count). The van der Waals surface area contributed by atoms with Crippen LogP contribution in [0.1, 0.15) is 16.7 Å². The Kier molecular flexibility index (Phi) is 4.96. The number of thioether (sulfide) groups is 1. The third-order valence-electron chi connectivity index (χ3n) is 3.60. The van der Waals surface area contributed by atoms with E-state index < -0.39 is 0 Å². The van der Waals surface area contributed by atoms with E-state index in [0.29, 0.717) is 10.5 Å². The number of aromatic hydroxyl groups is 1. The van der Waals surface area contributed by atoms with Crippen LogP contribution in [0.15, 0.2) is 47.4 Å². The van der Waals surface area contributed by atoms with Crippen LogP contribution in [0.25, 0.3) is 6.08 Å². The second kappa shape index (κ2) is 6.98. The third kappa shape index (κ3) is 3.64. The summed E-state index contributed by atoms with van der Waals surface area (Å²) < 4.78 is 1.10. The Labute approximate surface area is 157 Å². The normalized spacial score (nSPS) is 16.2. The molecule has 1 heterocycles. The smallest absolute Gasteiger partial charge is 0.293 e. The van der Waals surface area contributed by atoms with Crippen molar-refractivity contribution in [3.8, 4) is 5.75 Å². The van der Waals surface area contributed by atoms with E-state index in [9.17, 15) is 14.7 Å². The van der Waals surface area contributed by atoms with Crippen LogP contribution in [-0.2, 0) is 11.3 Å². The highest BCUT2D eigenvalue weighted by atomic mass is 127. The number of hydrogen-bond acceptors (Lipinski definition) is 4. The van der Waals surface area contributed by atoms with Crippen LogP contribution in [0.2, 0.25) is 0 Å². The molecule has 0 unspecified atom stereocenters. The standard InChI is InChI=1S/C18H14INO3S/c1-11-2-7-15(21)13(8-11)9-16-17(22)20(18(23)24-16)10-12-3-5-14(19)6-4-12/h2-9,21H,10H2,1H3/b16-9-. The Morgan fingerprint density at radius 1 is 1.17 bits per heavy atom. The van der Waals surface area contributed by atoms with Crippen LogP contribution in [0.4, 0.5) is 4.79 Å². The molecule has 1 saturated heterocycles. The highest BCUT2D eigenvalue weighted by molar-refractivity contribution is 14.1. The number of carbonyl (C=O) groups is 2. The predicted molar refractivity (Wildman–Crippen MR) is 104 cm³/mol.